The van der Waals surface area contributed by atoms with Gasteiger partial charge in [0.25, 0.3) is 0 Å². The molecule has 0 heterocycles. The van der Waals surface area contributed by atoms with E-state index >= 15 is 0 Å². The van der Waals surface area contributed by atoms with Gasteiger partial charge in [-0.25, -0.2) is 0 Å². The average molecular weight is 798 g/mol. The van der Waals surface area contributed by atoms with E-state index in [0.29, 0.717) is 19.3 Å². The predicted molar refractivity (Wildman–Crippen MR) is 245 cm³/mol. The first-order chi connectivity index (χ1) is 28.0. The van der Waals surface area contributed by atoms with Crippen molar-refractivity contribution in [1.82, 2.24) is 5.32 Å². The van der Waals surface area contributed by atoms with Gasteiger partial charge in [-0.15, -0.1) is 0 Å². The predicted octanol–water partition coefficient (Wildman–Crippen LogP) is 14.1. The van der Waals surface area contributed by atoms with E-state index in [9.17, 15) is 19.8 Å². The Bertz CT molecular complexity index is 1030. The van der Waals surface area contributed by atoms with Crippen molar-refractivity contribution in [3.05, 3.63) is 60.8 Å². The summed E-state index contributed by atoms with van der Waals surface area (Å²) in [5, 5.41) is 23.7. The lowest BCUT2D eigenvalue weighted by Gasteiger charge is -2.24. The number of allylic oxidation sites excluding steroid dienone is 10. The molecule has 0 bridgehead atoms. The zero-order chi connectivity index (χ0) is 41.7. The van der Waals surface area contributed by atoms with E-state index in [4.69, 9.17) is 4.74 Å². The highest BCUT2D eigenvalue weighted by atomic mass is 16.5. The van der Waals surface area contributed by atoms with Crippen molar-refractivity contribution in [2.24, 2.45) is 0 Å². The van der Waals surface area contributed by atoms with Crippen LogP contribution in [0.1, 0.15) is 226 Å². The molecule has 57 heavy (non-hydrogen) atoms. The van der Waals surface area contributed by atoms with Crippen LogP contribution in [0, 0.1) is 0 Å². The third-order valence-corrected chi connectivity index (χ3v) is 10.7. The Labute approximate surface area is 352 Å². The minimum atomic E-state index is -0.805. The van der Waals surface area contributed by atoms with E-state index in [1.165, 1.54) is 122 Å². The molecule has 1 amide bonds. The van der Waals surface area contributed by atoms with Crippen molar-refractivity contribution < 1.29 is 24.5 Å². The highest BCUT2D eigenvalue weighted by Gasteiger charge is 2.24. The molecule has 0 aliphatic carbocycles. The number of esters is 1. The zero-order valence-electron chi connectivity index (χ0n) is 37.5. The van der Waals surface area contributed by atoms with Crippen molar-refractivity contribution in [2.45, 2.75) is 244 Å². The van der Waals surface area contributed by atoms with Crippen LogP contribution < -0.4 is 5.32 Å². The van der Waals surface area contributed by atoms with Gasteiger partial charge in [-0.05, 0) is 38.5 Å². The summed E-state index contributed by atoms with van der Waals surface area (Å²) in [5.41, 5.74) is 0. The van der Waals surface area contributed by atoms with Crippen molar-refractivity contribution >= 4 is 11.9 Å². The van der Waals surface area contributed by atoms with Crippen LogP contribution in [-0.4, -0.2) is 46.9 Å². The van der Waals surface area contributed by atoms with Gasteiger partial charge in [0.15, 0.2) is 0 Å². The normalized spacial score (nSPS) is 13.8. The van der Waals surface area contributed by atoms with Gasteiger partial charge >= 0.3 is 5.97 Å². The number of ether oxygens (including phenoxy) is 1. The summed E-state index contributed by atoms with van der Waals surface area (Å²) in [4.78, 5) is 26.0. The van der Waals surface area contributed by atoms with Gasteiger partial charge in [0, 0.05) is 6.42 Å². The third kappa shape index (κ3) is 40.1. The van der Waals surface area contributed by atoms with Crippen LogP contribution in [0.25, 0.3) is 0 Å². The van der Waals surface area contributed by atoms with Crippen LogP contribution in [0.3, 0.4) is 0 Å². The van der Waals surface area contributed by atoms with Crippen molar-refractivity contribution in [3.8, 4) is 0 Å². The van der Waals surface area contributed by atoms with Crippen molar-refractivity contribution in [2.75, 3.05) is 6.61 Å². The maximum Gasteiger partial charge on any atom is 0.306 e. The average Bonchev–Trinajstić information content (AvgIpc) is 3.20. The van der Waals surface area contributed by atoms with Gasteiger partial charge in [0.05, 0.1) is 25.2 Å². The van der Waals surface area contributed by atoms with Gasteiger partial charge in [-0.2, -0.15) is 0 Å². The number of carbonyl (C=O) groups excluding carboxylic acids is 2. The highest BCUT2D eigenvalue weighted by molar-refractivity contribution is 5.77. The Morgan fingerprint density at radius 1 is 0.526 bits per heavy atom. The first-order valence-corrected chi connectivity index (χ1v) is 24.1. The van der Waals surface area contributed by atoms with Crippen molar-refractivity contribution in [3.63, 3.8) is 0 Å². The van der Waals surface area contributed by atoms with Crippen LogP contribution in [-0.2, 0) is 14.3 Å². The fourth-order valence-corrected chi connectivity index (χ4v) is 7.10. The summed E-state index contributed by atoms with van der Waals surface area (Å²) in [6.07, 6.45) is 54.2. The summed E-state index contributed by atoms with van der Waals surface area (Å²) < 4.78 is 5.88. The Balaban J connectivity index is 4.70. The lowest BCUT2D eigenvalue weighted by molar-refractivity contribution is -0.151. The van der Waals surface area contributed by atoms with E-state index < -0.39 is 18.2 Å². The first-order valence-electron chi connectivity index (χ1n) is 24.1. The van der Waals surface area contributed by atoms with Gasteiger partial charge in [-0.1, -0.05) is 236 Å². The molecule has 0 aromatic heterocycles. The first kappa shape index (κ1) is 54.6. The SMILES string of the molecule is CC/C=C/C=C/C=C\C=C/C=C/CCCC(CC(=O)NC(CO)C(O)CCCCCCCCCCCCCC)OC(=O)CCCCCCCCCCCCCCC. The number of amides is 1. The second-order valence-electron chi connectivity index (χ2n) is 16.3. The summed E-state index contributed by atoms with van der Waals surface area (Å²) in [5.74, 6) is -0.544. The van der Waals surface area contributed by atoms with Crippen LogP contribution in [0.15, 0.2) is 60.8 Å². The lowest BCUT2D eigenvalue weighted by atomic mass is 10.0. The van der Waals surface area contributed by atoms with Crippen LogP contribution in [0.4, 0.5) is 0 Å². The second kappa shape index (κ2) is 44.7. The molecule has 0 saturated carbocycles. The summed E-state index contributed by atoms with van der Waals surface area (Å²) in [6.45, 7) is 6.31. The standard InChI is InChI=1S/C51H91NO5/c1-4-7-10-13-16-19-22-25-27-30-33-36-39-42-47(57-51(56)44-41-38-35-32-29-26-23-20-17-14-11-8-5-2)45-50(55)52-48(46-53)49(54)43-40-37-34-31-28-24-21-18-15-12-9-6-3/h7,10,13,16,19,22,25,27,30,33,47-49,53-54H,4-6,8-9,11-12,14-15,17-18,20-21,23-24,26,28-29,31-32,34-46H2,1-3H3,(H,52,55)/b10-7+,16-13+,22-19-,27-25-,33-30+. The molecule has 0 aliphatic heterocycles. The van der Waals surface area contributed by atoms with Gasteiger partial charge < -0.3 is 20.3 Å². The number of hydrogen-bond acceptors (Lipinski definition) is 5. The van der Waals surface area contributed by atoms with E-state index in [-0.39, 0.29) is 24.9 Å². The largest absolute Gasteiger partial charge is 0.462 e. The molecule has 0 fully saturated rings. The maximum absolute atomic E-state index is 13.1. The van der Waals surface area contributed by atoms with Crippen molar-refractivity contribution in [1.29, 1.82) is 0 Å². The minimum absolute atomic E-state index is 0.0293. The number of unbranched alkanes of at least 4 members (excludes halogenated alkanes) is 24. The monoisotopic (exact) mass is 798 g/mol. The maximum atomic E-state index is 13.1. The van der Waals surface area contributed by atoms with Crippen LogP contribution in [0.2, 0.25) is 0 Å². The van der Waals surface area contributed by atoms with E-state index in [1.807, 2.05) is 48.6 Å². The molecule has 6 heteroatoms. The fraction of sp³-hybridized carbons (Fsp3) is 0.765. The second-order valence-corrected chi connectivity index (χ2v) is 16.3. The Hall–Kier alpha value is -2.44. The molecular formula is C51H91NO5. The number of nitrogens with one attached hydrogen (secondary N) is 1. The molecule has 3 atom stereocenters. The quantitative estimate of drug-likeness (QED) is 0.0325. The van der Waals surface area contributed by atoms with Crippen LogP contribution in [0.5, 0.6) is 0 Å². The molecule has 6 nitrogen and oxygen atoms in total. The lowest BCUT2D eigenvalue weighted by Crippen LogP contribution is -2.46. The summed E-state index contributed by atoms with van der Waals surface area (Å²) in [7, 11) is 0. The molecule has 0 spiro atoms. The molecule has 0 rings (SSSR count). The minimum Gasteiger partial charge on any atom is -0.462 e. The Morgan fingerprint density at radius 2 is 0.947 bits per heavy atom. The van der Waals surface area contributed by atoms with Gasteiger partial charge in [0.1, 0.15) is 6.10 Å². The van der Waals surface area contributed by atoms with Crippen LogP contribution >= 0.6 is 0 Å². The molecule has 0 radical (unpaired) electrons. The van der Waals surface area contributed by atoms with E-state index in [0.717, 1.165) is 57.8 Å². The molecule has 0 saturated heterocycles. The number of hydrogen-bond donors (Lipinski definition) is 3. The number of aliphatic hydroxyl groups excluding tert-OH is 2. The third-order valence-electron chi connectivity index (χ3n) is 10.7. The van der Waals surface area contributed by atoms with E-state index in [2.05, 4.69) is 38.2 Å². The summed E-state index contributed by atoms with van der Waals surface area (Å²) >= 11 is 0. The zero-order valence-corrected chi connectivity index (χ0v) is 37.5. The number of carbonyl (C=O) groups is 2. The molecule has 3 N–H and O–H groups in total. The highest BCUT2D eigenvalue weighted by Crippen LogP contribution is 2.17. The molecule has 0 aromatic rings. The smallest absolute Gasteiger partial charge is 0.306 e. The fourth-order valence-electron chi connectivity index (χ4n) is 7.10. The number of rotatable bonds is 42. The topological polar surface area (TPSA) is 95.9 Å². The Kier molecular flexibility index (Phi) is 42.7. The molecular weight excluding hydrogens is 707 g/mol. The molecule has 330 valence electrons. The van der Waals surface area contributed by atoms with Gasteiger partial charge in [0.2, 0.25) is 5.91 Å². The summed E-state index contributed by atoms with van der Waals surface area (Å²) in [6, 6.07) is -0.723. The molecule has 0 aromatic carbocycles. The Morgan fingerprint density at radius 3 is 1.40 bits per heavy atom. The van der Waals surface area contributed by atoms with Gasteiger partial charge in [-0.3, -0.25) is 9.59 Å². The number of aliphatic hydroxyl groups is 2. The molecule has 3 unspecified atom stereocenters. The van der Waals surface area contributed by atoms with E-state index in [1.54, 1.807) is 0 Å². The molecule has 0 aliphatic rings.